The molecule has 0 saturated carbocycles. The zero-order chi connectivity index (χ0) is 15.5. The van der Waals surface area contributed by atoms with Crippen molar-refractivity contribution in [2.45, 2.75) is 12.3 Å². The maximum Gasteiger partial charge on any atom is 0.122 e. The van der Waals surface area contributed by atoms with Crippen LogP contribution in [-0.2, 0) is 4.79 Å². The van der Waals surface area contributed by atoms with Crippen LogP contribution in [-0.4, -0.2) is 18.1 Å². The predicted molar refractivity (Wildman–Crippen MR) is 82.8 cm³/mol. The summed E-state index contributed by atoms with van der Waals surface area (Å²) in [4.78, 5) is 14.4. The third kappa shape index (κ3) is 2.55. The Morgan fingerprint density at radius 2 is 1.86 bits per heavy atom. The Bertz CT molecular complexity index is 807. The second-order valence-electron chi connectivity index (χ2n) is 5.16. The highest BCUT2D eigenvalue weighted by atomic mass is 16.5. The van der Waals surface area contributed by atoms with Gasteiger partial charge < -0.3 is 19.6 Å². The average molecular weight is 294 g/mol. The van der Waals surface area contributed by atoms with Crippen molar-refractivity contribution in [1.82, 2.24) is 4.98 Å². The number of aromatic amines is 1. The van der Waals surface area contributed by atoms with E-state index in [1.165, 1.54) is 0 Å². The van der Waals surface area contributed by atoms with Crippen LogP contribution in [0.25, 0.3) is 10.9 Å². The SMILES string of the molecule is COc1ccccc1[C@H](CC(=O)[O-])c1c[nH]c2ccccc12. The summed E-state index contributed by atoms with van der Waals surface area (Å²) in [6, 6.07) is 15.3. The Labute approximate surface area is 128 Å². The molecule has 4 nitrogen and oxygen atoms in total. The Morgan fingerprint density at radius 3 is 2.64 bits per heavy atom. The summed E-state index contributed by atoms with van der Waals surface area (Å²) in [6.07, 6.45) is 1.77. The van der Waals surface area contributed by atoms with Gasteiger partial charge in [-0.05, 0) is 24.1 Å². The van der Waals surface area contributed by atoms with E-state index in [2.05, 4.69) is 4.98 Å². The molecule has 0 unspecified atom stereocenters. The first-order valence-electron chi connectivity index (χ1n) is 7.09. The van der Waals surface area contributed by atoms with Gasteiger partial charge in [-0.1, -0.05) is 36.4 Å². The van der Waals surface area contributed by atoms with Crippen LogP contribution in [0.4, 0.5) is 0 Å². The van der Waals surface area contributed by atoms with Crippen LogP contribution in [0.15, 0.2) is 54.7 Å². The molecular weight excluding hydrogens is 278 g/mol. The minimum Gasteiger partial charge on any atom is -0.550 e. The van der Waals surface area contributed by atoms with E-state index < -0.39 is 5.97 Å². The molecule has 2 aromatic carbocycles. The van der Waals surface area contributed by atoms with Crippen molar-refractivity contribution in [3.8, 4) is 5.75 Å². The Morgan fingerprint density at radius 1 is 1.14 bits per heavy atom. The summed E-state index contributed by atoms with van der Waals surface area (Å²) >= 11 is 0. The third-order valence-corrected chi connectivity index (χ3v) is 3.88. The first kappa shape index (κ1) is 14.2. The number of hydrogen-bond donors (Lipinski definition) is 1. The first-order chi connectivity index (χ1) is 10.7. The lowest BCUT2D eigenvalue weighted by atomic mass is 9.87. The number of methoxy groups -OCH3 is 1. The van der Waals surface area contributed by atoms with Crippen molar-refractivity contribution >= 4 is 16.9 Å². The number of aliphatic carboxylic acids is 1. The molecule has 3 aromatic rings. The molecule has 22 heavy (non-hydrogen) atoms. The van der Waals surface area contributed by atoms with Crippen molar-refractivity contribution in [2.24, 2.45) is 0 Å². The number of nitrogens with one attached hydrogen (secondary N) is 1. The highest BCUT2D eigenvalue weighted by molar-refractivity contribution is 5.85. The zero-order valence-corrected chi connectivity index (χ0v) is 12.2. The van der Waals surface area contributed by atoms with Gasteiger partial charge in [0.1, 0.15) is 5.75 Å². The molecule has 0 aliphatic rings. The molecule has 0 spiro atoms. The molecule has 112 valence electrons. The van der Waals surface area contributed by atoms with E-state index >= 15 is 0 Å². The summed E-state index contributed by atoms with van der Waals surface area (Å²) in [5.41, 5.74) is 2.76. The van der Waals surface area contributed by atoms with Gasteiger partial charge in [0, 0.05) is 34.6 Å². The van der Waals surface area contributed by atoms with Gasteiger partial charge in [0.05, 0.1) is 7.11 Å². The number of ether oxygens (including phenoxy) is 1. The number of carboxylic acid groups (broad SMARTS) is 1. The minimum absolute atomic E-state index is 0.0950. The normalized spacial score (nSPS) is 12.2. The highest BCUT2D eigenvalue weighted by Gasteiger charge is 2.21. The number of carbonyl (C=O) groups excluding carboxylic acids is 1. The van der Waals surface area contributed by atoms with Crippen LogP contribution in [0.1, 0.15) is 23.5 Å². The topological polar surface area (TPSA) is 65.2 Å². The van der Waals surface area contributed by atoms with E-state index in [1.807, 2.05) is 54.7 Å². The van der Waals surface area contributed by atoms with Crippen LogP contribution >= 0.6 is 0 Å². The molecule has 3 rings (SSSR count). The molecule has 1 heterocycles. The fraction of sp³-hybridized carbons (Fsp3) is 0.167. The monoisotopic (exact) mass is 294 g/mol. The largest absolute Gasteiger partial charge is 0.550 e. The summed E-state index contributed by atoms with van der Waals surface area (Å²) < 4.78 is 5.39. The molecule has 1 N–H and O–H groups in total. The van der Waals surface area contributed by atoms with E-state index in [1.54, 1.807) is 7.11 Å². The molecule has 0 radical (unpaired) electrons. The molecular formula is C18H16NO3-. The number of para-hydroxylation sites is 2. The number of carbonyl (C=O) groups is 1. The Hall–Kier alpha value is -2.75. The number of benzene rings is 2. The fourth-order valence-electron chi connectivity index (χ4n) is 2.89. The lowest BCUT2D eigenvalue weighted by molar-refractivity contribution is -0.305. The molecule has 1 aromatic heterocycles. The number of fused-ring (bicyclic) bond motifs is 1. The van der Waals surface area contributed by atoms with Crippen molar-refractivity contribution in [1.29, 1.82) is 0 Å². The lowest BCUT2D eigenvalue weighted by Crippen LogP contribution is -2.25. The van der Waals surface area contributed by atoms with Gasteiger partial charge in [0.25, 0.3) is 0 Å². The number of carboxylic acids is 1. The molecule has 0 saturated heterocycles. The van der Waals surface area contributed by atoms with E-state index in [4.69, 9.17) is 4.74 Å². The maximum atomic E-state index is 11.3. The van der Waals surface area contributed by atoms with Crippen LogP contribution in [0.5, 0.6) is 5.75 Å². The standard InChI is InChI=1S/C18H17NO3/c1-22-17-9-5-3-7-13(17)14(10-18(20)21)15-11-19-16-8-4-2-6-12(15)16/h2-9,11,14,19H,10H2,1H3,(H,20,21)/p-1/t14-/m0/s1. The van der Waals surface area contributed by atoms with Crippen LogP contribution in [0.2, 0.25) is 0 Å². The van der Waals surface area contributed by atoms with Crippen molar-refractivity contribution < 1.29 is 14.6 Å². The quantitative estimate of drug-likeness (QED) is 0.786. The van der Waals surface area contributed by atoms with Gasteiger partial charge in [0.15, 0.2) is 0 Å². The van der Waals surface area contributed by atoms with Gasteiger partial charge in [-0.25, -0.2) is 0 Å². The Kier molecular flexibility index (Phi) is 3.83. The van der Waals surface area contributed by atoms with Gasteiger partial charge in [0.2, 0.25) is 0 Å². The molecule has 1 atom stereocenters. The minimum atomic E-state index is -1.08. The van der Waals surface area contributed by atoms with E-state index in [0.717, 1.165) is 22.0 Å². The highest BCUT2D eigenvalue weighted by Crippen LogP contribution is 2.37. The van der Waals surface area contributed by atoms with Crippen molar-refractivity contribution in [2.75, 3.05) is 7.11 Å². The molecule has 0 aliphatic carbocycles. The maximum absolute atomic E-state index is 11.3. The number of aromatic nitrogens is 1. The van der Waals surface area contributed by atoms with Crippen LogP contribution in [0.3, 0.4) is 0 Å². The Balaban J connectivity index is 2.16. The second kappa shape index (κ2) is 5.93. The molecule has 0 amide bonds. The van der Waals surface area contributed by atoms with Gasteiger partial charge in [-0.3, -0.25) is 0 Å². The third-order valence-electron chi connectivity index (χ3n) is 3.88. The summed E-state index contributed by atoms with van der Waals surface area (Å²) in [5, 5.41) is 12.3. The van der Waals surface area contributed by atoms with Crippen LogP contribution in [0, 0.1) is 0 Å². The van der Waals surface area contributed by atoms with Crippen molar-refractivity contribution in [3.63, 3.8) is 0 Å². The fourth-order valence-corrected chi connectivity index (χ4v) is 2.89. The van der Waals surface area contributed by atoms with E-state index in [9.17, 15) is 9.90 Å². The average Bonchev–Trinajstić information content (AvgIpc) is 2.96. The number of hydrogen-bond acceptors (Lipinski definition) is 3. The summed E-state index contributed by atoms with van der Waals surface area (Å²) in [6.45, 7) is 0. The van der Waals surface area contributed by atoms with E-state index in [0.29, 0.717) is 5.75 Å². The molecule has 0 bridgehead atoms. The van der Waals surface area contributed by atoms with Gasteiger partial charge in [-0.2, -0.15) is 0 Å². The molecule has 0 aliphatic heterocycles. The van der Waals surface area contributed by atoms with Gasteiger partial charge in [-0.15, -0.1) is 0 Å². The second-order valence-corrected chi connectivity index (χ2v) is 5.16. The van der Waals surface area contributed by atoms with Crippen molar-refractivity contribution in [3.05, 3.63) is 65.9 Å². The summed E-state index contributed by atoms with van der Waals surface area (Å²) in [5.74, 6) is -0.725. The number of rotatable bonds is 5. The molecule has 0 fully saturated rings. The lowest BCUT2D eigenvalue weighted by Gasteiger charge is -2.20. The van der Waals surface area contributed by atoms with Gasteiger partial charge >= 0.3 is 0 Å². The number of H-pyrrole nitrogens is 1. The van der Waals surface area contributed by atoms with Crippen LogP contribution < -0.4 is 9.84 Å². The molecule has 4 heteroatoms. The van der Waals surface area contributed by atoms with E-state index in [-0.39, 0.29) is 12.3 Å². The zero-order valence-electron chi connectivity index (χ0n) is 12.2. The smallest absolute Gasteiger partial charge is 0.122 e. The summed E-state index contributed by atoms with van der Waals surface area (Å²) in [7, 11) is 1.59. The first-order valence-corrected chi connectivity index (χ1v) is 7.09. The predicted octanol–water partition coefficient (Wildman–Crippen LogP) is 2.45.